The normalized spacial score (nSPS) is 32.0. The maximum absolute atomic E-state index is 9.70. The van der Waals surface area contributed by atoms with E-state index in [0.717, 1.165) is 51.7 Å². The Morgan fingerprint density at radius 3 is 2.56 bits per heavy atom. The van der Waals surface area contributed by atoms with E-state index in [-0.39, 0.29) is 12.0 Å². The first-order valence-corrected chi connectivity index (χ1v) is 7.23. The van der Waals surface area contributed by atoms with Gasteiger partial charge in [0.25, 0.3) is 0 Å². The Hall–Kier alpha value is -0.160. The fraction of sp³-hybridized carbons (Fsp3) is 1.00. The third kappa shape index (κ3) is 3.44. The lowest BCUT2D eigenvalue weighted by molar-refractivity contribution is -0.0593. The van der Waals surface area contributed by atoms with Crippen LogP contribution in [-0.4, -0.2) is 74.5 Å². The molecule has 2 aliphatic heterocycles. The van der Waals surface area contributed by atoms with Gasteiger partial charge in [-0.1, -0.05) is 0 Å². The fourth-order valence-corrected chi connectivity index (χ4v) is 3.28. The van der Waals surface area contributed by atoms with Crippen LogP contribution in [0.1, 0.15) is 25.7 Å². The van der Waals surface area contributed by atoms with Gasteiger partial charge in [-0.15, -0.1) is 0 Å². The van der Waals surface area contributed by atoms with Gasteiger partial charge in [0.05, 0.1) is 13.2 Å². The van der Waals surface area contributed by atoms with E-state index in [9.17, 15) is 5.11 Å². The predicted octanol–water partition coefficient (Wildman–Crippen LogP) is 0.802. The third-order valence-corrected chi connectivity index (χ3v) is 4.59. The molecule has 0 bridgehead atoms. The van der Waals surface area contributed by atoms with Crippen LogP contribution in [0.25, 0.3) is 0 Å². The number of ether oxygens (including phenoxy) is 1. The summed E-state index contributed by atoms with van der Waals surface area (Å²) in [5.41, 5.74) is 0.00318. The summed E-state index contributed by atoms with van der Waals surface area (Å²) in [6.07, 6.45) is 4.69. The van der Waals surface area contributed by atoms with Crippen LogP contribution in [0.4, 0.5) is 0 Å². The van der Waals surface area contributed by atoms with Crippen LogP contribution in [0.3, 0.4) is 0 Å². The van der Waals surface area contributed by atoms with Gasteiger partial charge in [-0.3, -0.25) is 0 Å². The van der Waals surface area contributed by atoms with E-state index in [1.54, 1.807) is 0 Å². The topological polar surface area (TPSA) is 35.9 Å². The van der Waals surface area contributed by atoms with Gasteiger partial charge in [-0.05, 0) is 52.9 Å². The number of aliphatic hydroxyl groups excluding tert-OH is 1. The molecule has 0 aromatic rings. The molecule has 0 amide bonds. The Balaban J connectivity index is 1.82. The molecule has 0 aromatic heterocycles. The van der Waals surface area contributed by atoms with Crippen molar-refractivity contribution in [2.75, 3.05) is 53.6 Å². The minimum Gasteiger partial charge on any atom is -0.396 e. The Labute approximate surface area is 111 Å². The quantitative estimate of drug-likeness (QED) is 0.807. The summed E-state index contributed by atoms with van der Waals surface area (Å²) < 4.78 is 5.58. The van der Waals surface area contributed by atoms with E-state index in [1.807, 2.05) is 0 Å². The van der Waals surface area contributed by atoms with Crippen molar-refractivity contribution in [3.63, 3.8) is 0 Å². The van der Waals surface area contributed by atoms with Crippen LogP contribution < -0.4 is 0 Å². The van der Waals surface area contributed by atoms with Crippen LogP contribution in [0.2, 0.25) is 0 Å². The lowest BCUT2D eigenvalue weighted by Gasteiger charge is -2.42. The van der Waals surface area contributed by atoms with Gasteiger partial charge in [0.2, 0.25) is 0 Å². The average Bonchev–Trinajstić information content (AvgIpc) is 2.40. The molecule has 0 aromatic carbocycles. The molecule has 2 saturated heterocycles. The Morgan fingerprint density at radius 1 is 1.33 bits per heavy atom. The van der Waals surface area contributed by atoms with E-state index in [2.05, 4.69) is 23.9 Å². The first kappa shape index (κ1) is 14.3. The summed E-state index contributed by atoms with van der Waals surface area (Å²) in [5, 5.41) is 9.70. The van der Waals surface area contributed by atoms with Crippen molar-refractivity contribution in [1.82, 2.24) is 9.80 Å². The van der Waals surface area contributed by atoms with Gasteiger partial charge in [0.15, 0.2) is 0 Å². The summed E-state index contributed by atoms with van der Waals surface area (Å²) in [5.74, 6) is 0. The highest BCUT2D eigenvalue weighted by Crippen LogP contribution is 2.30. The first-order chi connectivity index (χ1) is 8.65. The molecule has 106 valence electrons. The molecule has 2 heterocycles. The zero-order valence-corrected chi connectivity index (χ0v) is 11.9. The van der Waals surface area contributed by atoms with Crippen molar-refractivity contribution in [3.05, 3.63) is 0 Å². The summed E-state index contributed by atoms with van der Waals surface area (Å²) in [4.78, 5) is 4.85. The highest BCUT2D eigenvalue weighted by molar-refractivity contribution is 4.87. The van der Waals surface area contributed by atoms with Crippen LogP contribution in [0.5, 0.6) is 0 Å². The van der Waals surface area contributed by atoms with Gasteiger partial charge in [0, 0.05) is 24.6 Å². The van der Waals surface area contributed by atoms with Crippen molar-refractivity contribution < 1.29 is 9.84 Å². The summed E-state index contributed by atoms with van der Waals surface area (Å²) in [6.45, 7) is 5.18. The number of rotatable bonds is 4. The summed E-state index contributed by atoms with van der Waals surface area (Å²) >= 11 is 0. The van der Waals surface area contributed by atoms with Crippen molar-refractivity contribution in [2.24, 2.45) is 5.41 Å². The number of nitrogens with zero attached hydrogens (tertiary/aromatic N) is 2. The van der Waals surface area contributed by atoms with E-state index in [4.69, 9.17) is 4.74 Å². The molecule has 2 fully saturated rings. The SMILES string of the molecule is CN(C)C1CCN(CC2(CO)CCCOC2)CC1. The van der Waals surface area contributed by atoms with E-state index < -0.39 is 0 Å². The van der Waals surface area contributed by atoms with Crippen LogP contribution in [0.15, 0.2) is 0 Å². The molecule has 1 N–H and O–H groups in total. The molecule has 4 nitrogen and oxygen atoms in total. The van der Waals surface area contributed by atoms with Crippen LogP contribution in [-0.2, 0) is 4.74 Å². The second-order valence-electron chi connectivity index (χ2n) is 6.29. The molecule has 0 aliphatic carbocycles. The highest BCUT2D eigenvalue weighted by Gasteiger charge is 2.35. The number of likely N-dealkylation sites (tertiary alicyclic amines) is 1. The molecule has 18 heavy (non-hydrogen) atoms. The zero-order valence-electron chi connectivity index (χ0n) is 11.9. The number of hydrogen-bond donors (Lipinski definition) is 1. The smallest absolute Gasteiger partial charge is 0.0556 e. The van der Waals surface area contributed by atoms with Crippen LogP contribution >= 0.6 is 0 Å². The zero-order chi connectivity index (χ0) is 13.0. The number of aliphatic hydroxyl groups is 1. The Bertz CT molecular complexity index is 244. The van der Waals surface area contributed by atoms with Crippen LogP contribution in [0, 0.1) is 5.41 Å². The maximum Gasteiger partial charge on any atom is 0.0556 e. The molecular formula is C14H28N2O2. The van der Waals surface area contributed by atoms with Gasteiger partial charge >= 0.3 is 0 Å². The minimum absolute atomic E-state index is 0.00318. The predicted molar refractivity (Wildman–Crippen MR) is 72.7 cm³/mol. The molecule has 1 atom stereocenters. The van der Waals surface area contributed by atoms with Crippen molar-refractivity contribution in [3.8, 4) is 0 Å². The van der Waals surface area contributed by atoms with Crippen molar-refractivity contribution >= 4 is 0 Å². The molecule has 2 rings (SSSR count). The summed E-state index contributed by atoms with van der Waals surface area (Å²) in [7, 11) is 4.34. The van der Waals surface area contributed by atoms with E-state index >= 15 is 0 Å². The van der Waals surface area contributed by atoms with Crippen molar-refractivity contribution in [1.29, 1.82) is 0 Å². The molecule has 1 unspecified atom stereocenters. The summed E-state index contributed by atoms with van der Waals surface area (Å²) in [6, 6.07) is 0.730. The minimum atomic E-state index is 0.00318. The van der Waals surface area contributed by atoms with E-state index in [0.29, 0.717) is 0 Å². The highest BCUT2D eigenvalue weighted by atomic mass is 16.5. The average molecular weight is 256 g/mol. The van der Waals surface area contributed by atoms with Crippen molar-refractivity contribution in [2.45, 2.75) is 31.7 Å². The first-order valence-electron chi connectivity index (χ1n) is 7.23. The second kappa shape index (κ2) is 6.33. The van der Waals surface area contributed by atoms with Gasteiger partial charge in [0.1, 0.15) is 0 Å². The largest absolute Gasteiger partial charge is 0.396 e. The van der Waals surface area contributed by atoms with Gasteiger partial charge in [-0.2, -0.15) is 0 Å². The second-order valence-corrected chi connectivity index (χ2v) is 6.29. The van der Waals surface area contributed by atoms with E-state index in [1.165, 1.54) is 12.8 Å². The molecule has 0 radical (unpaired) electrons. The molecule has 4 heteroatoms. The molecule has 0 saturated carbocycles. The fourth-order valence-electron chi connectivity index (χ4n) is 3.28. The Morgan fingerprint density at radius 2 is 2.06 bits per heavy atom. The lowest BCUT2D eigenvalue weighted by atomic mass is 9.82. The molecular weight excluding hydrogens is 228 g/mol. The van der Waals surface area contributed by atoms with Gasteiger partial charge in [-0.25, -0.2) is 0 Å². The Kier molecular flexibility index (Phi) is 5.01. The monoisotopic (exact) mass is 256 g/mol. The number of hydrogen-bond acceptors (Lipinski definition) is 4. The maximum atomic E-state index is 9.70. The standard InChI is InChI=1S/C14H28N2O2/c1-15(2)13-4-7-16(8-5-13)10-14(11-17)6-3-9-18-12-14/h13,17H,3-12H2,1-2H3. The molecule has 0 spiro atoms. The lowest BCUT2D eigenvalue weighted by Crippen LogP contribution is -2.49. The third-order valence-electron chi connectivity index (χ3n) is 4.59. The number of piperidine rings is 1. The van der Waals surface area contributed by atoms with Gasteiger partial charge < -0.3 is 19.6 Å². The molecule has 2 aliphatic rings.